The molecule has 0 saturated carbocycles. The molecule has 0 atom stereocenters. The number of phenols is 1. The molecule has 0 bridgehead atoms. The molecule has 0 aliphatic rings. The van der Waals surface area contributed by atoms with Gasteiger partial charge in [-0.15, -0.1) is 0 Å². The Kier molecular flexibility index (Phi) is 17.5. The summed E-state index contributed by atoms with van der Waals surface area (Å²) in [6.45, 7) is 2.28. The van der Waals surface area contributed by atoms with Gasteiger partial charge in [-0.05, 0) is 30.7 Å². The predicted octanol–water partition coefficient (Wildman–Crippen LogP) is 8.08. The van der Waals surface area contributed by atoms with Crippen molar-refractivity contribution in [1.29, 1.82) is 0 Å². The lowest BCUT2D eigenvalue weighted by molar-refractivity contribution is -0.120. The Morgan fingerprint density at radius 1 is 0.625 bits per heavy atom. The van der Waals surface area contributed by atoms with Crippen LogP contribution in [-0.4, -0.2) is 16.9 Å². The van der Waals surface area contributed by atoms with Gasteiger partial charge in [0.05, 0.1) is 0 Å². The second kappa shape index (κ2) is 19.8. The van der Waals surface area contributed by atoms with Crippen molar-refractivity contribution in [3.05, 3.63) is 29.8 Å². The fraction of sp³-hybridized carbons (Fsp3) is 0.714. The second-order valence-electron chi connectivity index (χ2n) is 9.18. The lowest BCUT2D eigenvalue weighted by Crippen LogP contribution is -2.30. The molecule has 0 saturated heterocycles. The predicted molar refractivity (Wildman–Crippen MR) is 134 cm³/mol. The van der Waals surface area contributed by atoms with Gasteiger partial charge < -0.3 is 5.11 Å². The minimum atomic E-state index is -0.405. The second-order valence-corrected chi connectivity index (χ2v) is 9.18. The highest BCUT2D eigenvalue weighted by Crippen LogP contribution is 2.15. The van der Waals surface area contributed by atoms with Crippen molar-refractivity contribution in [2.24, 2.45) is 0 Å². The number of aromatic hydroxyl groups is 1. The summed E-state index contributed by atoms with van der Waals surface area (Å²) in [5.41, 5.74) is 0.383. The van der Waals surface area contributed by atoms with Gasteiger partial charge >= 0.3 is 0 Å². The molecule has 0 unspecified atom stereocenters. The number of rotatable bonds is 20. The fourth-order valence-corrected chi connectivity index (χ4v) is 4.06. The highest BCUT2D eigenvalue weighted by Gasteiger charge is 2.09. The first-order valence-electron chi connectivity index (χ1n) is 13.3. The molecule has 2 N–H and O–H groups in total. The number of amides is 2. The molecule has 0 radical (unpaired) electrons. The van der Waals surface area contributed by atoms with Crippen molar-refractivity contribution in [3.63, 3.8) is 0 Å². The molecule has 0 aromatic heterocycles. The average molecular weight is 446 g/mol. The third-order valence-electron chi connectivity index (χ3n) is 6.14. The zero-order valence-electron chi connectivity index (χ0n) is 20.5. The Balaban J connectivity index is 1.82. The Hall–Kier alpha value is -1.84. The number of unbranched alkanes of at least 4 members (excludes halogenated alkanes) is 17. The van der Waals surface area contributed by atoms with E-state index in [0.717, 1.165) is 19.3 Å². The number of carbonyl (C=O) groups is 2. The number of phenolic OH excluding ortho intramolecular Hbond substituents is 1. The maximum atomic E-state index is 11.9. The largest absolute Gasteiger partial charge is 0.508 e. The van der Waals surface area contributed by atoms with Crippen LogP contribution in [0.15, 0.2) is 24.3 Å². The summed E-state index contributed by atoms with van der Waals surface area (Å²) in [6, 6.07) is 5.90. The van der Waals surface area contributed by atoms with Crippen LogP contribution in [0.4, 0.5) is 0 Å². The molecule has 0 fully saturated rings. The van der Waals surface area contributed by atoms with Gasteiger partial charge in [0, 0.05) is 12.0 Å². The lowest BCUT2D eigenvalue weighted by atomic mass is 10.0. The van der Waals surface area contributed by atoms with E-state index in [1.165, 1.54) is 121 Å². The van der Waals surface area contributed by atoms with Crippen molar-refractivity contribution < 1.29 is 14.7 Å². The van der Waals surface area contributed by atoms with Crippen molar-refractivity contribution in [1.82, 2.24) is 5.32 Å². The van der Waals surface area contributed by atoms with Gasteiger partial charge in [-0.3, -0.25) is 14.9 Å². The SMILES string of the molecule is CCCCCCCCCCCCCCCCCCCCC(=O)NC(=O)c1ccc(O)cc1. The smallest absolute Gasteiger partial charge is 0.257 e. The highest BCUT2D eigenvalue weighted by molar-refractivity contribution is 6.04. The van der Waals surface area contributed by atoms with E-state index in [-0.39, 0.29) is 11.7 Å². The minimum Gasteiger partial charge on any atom is -0.508 e. The van der Waals surface area contributed by atoms with Crippen LogP contribution in [0.2, 0.25) is 0 Å². The zero-order chi connectivity index (χ0) is 23.3. The summed E-state index contributed by atoms with van der Waals surface area (Å²) in [5, 5.41) is 11.7. The van der Waals surface area contributed by atoms with Gasteiger partial charge in [-0.25, -0.2) is 0 Å². The number of hydrogen-bond acceptors (Lipinski definition) is 3. The molecule has 0 spiro atoms. The van der Waals surface area contributed by atoms with E-state index in [1.54, 1.807) is 0 Å². The number of imide groups is 1. The highest BCUT2D eigenvalue weighted by atomic mass is 16.3. The number of benzene rings is 1. The van der Waals surface area contributed by atoms with Gasteiger partial charge in [0.15, 0.2) is 0 Å². The van der Waals surface area contributed by atoms with Gasteiger partial charge in [0.1, 0.15) is 5.75 Å². The molecule has 4 nitrogen and oxygen atoms in total. The molecule has 2 amide bonds. The minimum absolute atomic E-state index is 0.103. The molecular weight excluding hydrogens is 398 g/mol. The van der Waals surface area contributed by atoms with Crippen LogP contribution in [0.1, 0.15) is 139 Å². The van der Waals surface area contributed by atoms with Crippen molar-refractivity contribution in [3.8, 4) is 5.75 Å². The van der Waals surface area contributed by atoms with E-state index in [4.69, 9.17) is 0 Å². The molecule has 0 aliphatic heterocycles. The van der Waals surface area contributed by atoms with Gasteiger partial charge in [0.25, 0.3) is 5.91 Å². The first-order valence-corrected chi connectivity index (χ1v) is 13.3. The van der Waals surface area contributed by atoms with Crippen LogP contribution < -0.4 is 5.32 Å². The van der Waals surface area contributed by atoms with Crippen LogP contribution in [0, 0.1) is 0 Å². The Labute approximate surface area is 196 Å². The molecule has 0 aliphatic carbocycles. The van der Waals surface area contributed by atoms with Crippen LogP contribution >= 0.6 is 0 Å². The van der Waals surface area contributed by atoms with Crippen molar-refractivity contribution in [2.45, 2.75) is 129 Å². The van der Waals surface area contributed by atoms with Gasteiger partial charge in [-0.2, -0.15) is 0 Å². The number of carbonyl (C=O) groups excluding carboxylic acids is 2. The molecule has 1 aromatic rings. The normalized spacial score (nSPS) is 10.9. The third kappa shape index (κ3) is 15.9. The van der Waals surface area contributed by atoms with E-state index in [9.17, 15) is 14.7 Å². The summed E-state index contributed by atoms with van der Waals surface area (Å²) in [6.07, 6.45) is 24.1. The number of nitrogens with one attached hydrogen (secondary N) is 1. The molecule has 1 rings (SSSR count). The number of hydrogen-bond donors (Lipinski definition) is 2. The quantitative estimate of drug-likeness (QED) is 0.199. The molecular formula is C28H47NO3. The van der Waals surface area contributed by atoms with E-state index >= 15 is 0 Å². The van der Waals surface area contributed by atoms with Crippen LogP contribution in [0.3, 0.4) is 0 Å². The standard InChI is InChI=1S/C28H47NO3/c1-2-3-4-5-6-7-8-9-10-11-12-13-14-15-16-17-18-19-20-27(31)29-28(32)25-21-23-26(30)24-22-25/h21-24,30H,2-20H2,1H3,(H,29,31,32). The Bertz CT molecular complexity index is 597. The summed E-state index contributed by atoms with van der Waals surface area (Å²) < 4.78 is 0. The maximum Gasteiger partial charge on any atom is 0.257 e. The Morgan fingerprint density at radius 3 is 1.41 bits per heavy atom. The van der Waals surface area contributed by atoms with Crippen LogP contribution in [0.25, 0.3) is 0 Å². The van der Waals surface area contributed by atoms with Crippen molar-refractivity contribution in [2.75, 3.05) is 0 Å². The molecule has 0 heterocycles. The monoisotopic (exact) mass is 445 g/mol. The van der Waals surface area contributed by atoms with E-state index in [1.807, 2.05) is 0 Å². The first kappa shape index (κ1) is 28.2. The molecule has 1 aromatic carbocycles. The Morgan fingerprint density at radius 2 is 1.00 bits per heavy atom. The summed E-state index contributed by atoms with van der Waals surface area (Å²) in [7, 11) is 0. The summed E-state index contributed by atoms with van der Waals surface area (Å²) in [4.78, 5) is 23.8. The van der Waals surface area contributed by atoms with Crippen molar-refractivity contribution >= 4 is 11.8 Å². The zero-order valence-corrected chi connectivity index (χ0v) is 20.5. The van der Waals surface area contributed by atoms with E-state index < -0.39 is 5.91 Å². The van der Waals surface area contributed by atoms with Crippen LogP contribution in [0.5, 0.6) is 5.75 Å². The fourth-order valence-electron chi connectivity index (χ4n) is 4.06. The maximum absolute atomic E-state index is 11.9. The first-order chi connectivity index (χ1) is 15.6. The topological polar surface area (TPSA) is 66.4 Å². The third-order valence-corrected chi connectivity index (χ3v) is 6.14. The molecule has 32 heavy (non-hydrogen) atoms. The van der Waals surface area contributed by atoms with E-state index in [0.29, 0.717) is 12.0 Å². The molecule has 4 heteroatoms. The van der Waals surface area contributed by atoms with E-state index in [2.05, 4.69) is 12.2 Å². The van der Waals surface area contributed by atoms with Gasteiger partial charge in [-0.1, -0.05) is 116 Å². The average Bonchev–Trinajstić information content (AvgIpc) is 2.78. The van der Waals surface area contributed by atoms with Crippen LogP contribution in [-0.2, 0) is 4.79 Å². The summed E-state index contributed by atoms with van der Waals surface area (Å²) >= 11 is 0. The summed E-state index contributed by atoms with van der Waals surface area (Å²) in [5.74, 6) is -0.524. The molecule has 182 valence electrons. The lowest BCUT2D eigenvalue weighted by Gasteiger charge is -2.05. The van der Waals surface area contributed by atoms with Gasteiger partial charge in [0.2, 0.25) is 5.91 Å².